The van der Waals surface area contributed by atoms with Crippen LogP contribution in [-0.2, 0) is 9.84 Å². The second-order valence-corrected chi connectivity index (χ2v) is 9.59. The number of para-hydroxylation sites is 1. The van der Waals surface area contributed by atoms with Gasteiger partial charge < -0.3 is 10.6 Å². The first kappa shape index (κ1) is 15.5. The molecule has 1 fully saturated rings. The highest BCUT2D eigenvalue weighted by molar-refractivity contribution is 8.00. The van der Waals surface area contributed by atoms with E-state index in [1.807, 2.05) is 17.8 Å². The van der Waals surface area contributed by atoms with Crippen molar-refractivity contribution in [2.45, 2.75) is 29.9 Å². The number of sulfone groups is 1. The van der Waals surface area contributed by atoms with Crippen molar-refractivity contribution in [2.75, 3.05) is 35.7 Å². The number of anilines is 2. The highest BCUT2D eigenvalue weighted by Crippen LogP contribution is 2.35. The van der Waals surface area contributed by atoms with Crippen LogP contribution in [0.2, 0.25) is 0 Å². The Bertz CT molecular complexity index is 597. The van der Waals surface area contributed by atoms with E-state index >= 15 is 0 Å². The van der Waals surface area contributed by atoms with Gasteiger partial charge >= 0.3 is 0 Å². The normalized spacial score (nSPS) is 19.6. The van der Waals surface area contributed by atoms with Gasteiger partial charge in [0, 0.05) is 29.8 Å². The van der Waals surface area contributed by atoms with E-state index in [2.05, 4.69) is 18.7 Å². The molecule has 1 aliphatic heterocycles. The van der Waals surface area contributed by atoms with E-state index in [-0.39, 0.29) is 9.64 Å². The number of hydrogen-bond acceptors (Lipinski definition) is 5. The molecule has 0 saturated carbocycles. The molecule has 0 unspecified atom stereocenters. The Hall–Kier alpha value is -0.880. The maximum atomic E-state index is 11.8. The summed E-state index contributed by atoms with van der Waals surface area (Å²) in [6.07, 6.45) is 2.25. The fourth-order valence-electron chi connectivity index (χ4n) is 2.39. The van der Waals surface area contributed by atoms with Gasteiger partial charge in [-0.3, -0.25) is 0 Å². The number of nitrogens with two attached hydrogens (primary N) is 1. The lowest BCUT2D eigenvalue weighted by atomic mass is 10.1. The molecule has 20 heavy (non-hydrogen) atoms. The zero-order valence-electron chi connectivity index (χ0n) is 12.2. The van der Waals surface area contributed by atoms with Crippen molar-refractivity contribution in [3.05, 3.63) is 18.2 Å². The van der Waals surface area contributed by atoms with Crippen LogP contribution in [0.3, 0.4) is 0 Å². The van der Waals surface area contributed by atoms with Gasteiger partial charge in [-0.25, -0.2) is 8.42 Å². The second-order valence-electron chi connectivity index (χ2n) is 5.81. The maximum Gasteiger partial charge on any atom is 0.177 e. The van der Waals surface area contributed by atoms with Crippen LogP contribution >= 0.6 is 11.8 Å². The minimum Gasteiger partial charge on any atom is -0.396 e. The number of thioether (sulfide) groups is 1. The van der Waals surface area contributed by atoms with Gasteiger partial charge in [0.1, 0.15) is 0 Å². The van der Waals surface area contributed by atoms with E-state index in [0.717, 1.165) is 31.0 Å². The van der Waals surface area contributed by atoms with E-state index in [0.29, 0.717) is 5.69 Å². The van der Waals surface area contributed by atoms with Gasteiger partial charge in [0.15, 0.2) is 9.84 Å². The summed E-state index contributed by atoms with van der Waals surface area (Å²) < 4.78 is 23.8. The number of hydrogen-bond donors (Lipinski definition) is 1. The predicted molar refractivity (Wildman–Crippen MR) is 87.3 cm³/mol. The van der Waals surface area contributed by atoms with Gasteiger partial charge in [-0.2, -0.15) is 11.8 Å². The molecule has 0 atom stereocenters. The fraction of sp³-hybridized carbons (Fsp3) is 0.571. The van der Waals surface area contributed by atoms with Gasteiger partial charge in [-0.05, 0) is 18.6 Å². The topological polar surface area (TPSA) is 63.4 Å². The molecule has 0 aliphatic carbocycles. The fourth-order valence-corrected chi connectivity index (χ4v) is 4.32. The summed E-state index contributed by atoms with van der Waals surface area (Å²) in [5.74, 6) is 1.02. The average molecular weight is 314 g/mol. The van der Waals surface area contributed by atoms with Gasteiger partial charge in [0.05, 0.1) is 16.3 Å². The molecule has 0 aromatic heterocycles. The zero-order valence-corrected chi connectivity index (χ0v) is 13.9. The molecule has 1 heterocycles. The lowest BCUT2D eigenvalue weighted by Crippen LogP contribution is -2.28. The van der Waals surface area contributed by atoms with E-state index in [9.17, 15) is 8.42 Å². The lowest BCUT2D eigenvalue weighted by molar-refractivity contribution is 0.602. The molecule has 0 spiro atoms. The van der Waals surface area contributed by atoms with E-state index in [4.69, 9.17) is 5.73 Å². The largest absolute Gasteiger partial charge is 0.396 e. The first-order valence-electron chi connectivity index (χ1n) is 6.68. The number of nitrogen functional groups attached to an aromatic ring is 1. The van der Waals surface area contributed by atoms with Crippen molar-refractivity contribution >= 4 is 33.0 Å². The van der Waals surface area contributed by atoms with E-state index in [1.54, 1.807) is 12.1 Å². The van der Waals surface area contributed by atoms with E-state index in [1.165, 1.54) is 6.26 Å². The Balaban J connectivity index is 2.34. The Labute approximate surface area is 125 Å². The standard InChI is InChI=1S/C14H22N2O2S2/c1-14(2)7-8-16(9-10-19-14)11-5-4-6-12(13(11)15)20(3,17)18/h4-6H,7-10,15H2,1-3H3. The minimum atomic E-state index is -3.28. The molecular weight excluding hydrogens is 292 g/mol. The molecule has 0 amide bonds. The molecule has 6 heteroatoms. The van der Waals surface area contributed by atoms with Crippen LogP contribution in [0.4, 0.5) is 11.4 Å². The quantitative estimate of drug-likeness (QED) is 0.849. The summed E-state index contributed by atoms with van der Waals surface area (Å²) in [5, 5.41) is 0. The third-order valence-corrected chi connectivity index (χ3v) is 6.15. The summed E-state index contributed by atoms with van der Waals surface area (Å²) in [4.78, 5) is 2.43. The van der Waals surface area contributed by atoms with Crippen molar-refractivity contribution < 1.29 is 8.42 Å². The molecular formula is C14H22N2O2S2. The molecule has 1 aromatic carbocycles. The smallest absolute Gasteiger partial charge is 0.177 e. The van der Waals surface area contributed by atoms with Crippen molar-refractivity contribution in [1.29, 1.82) is 0 Å². The summed E-state index contributed by atoms with van der Waals surface area (Å²) in [7, 11) is -3.28. The molecule has 4 nitrogen and oxygen atoms in total. The minimum absolute atomic E-state index is 0.228. The third-order valence-electron chi connectivity index (χ3n) is 3.62. The van der Waals surface area contributed by atoms with Gasteiger partial charge in [0.2, 0.25) is 0 Å². The molecule has 0 bridgehead atoms. The summed E-state index contributed by atoms with van der Waals surface area (Å²) in [6, 6.07) is 5.25. The lowest BCUT2D eigenvalue weighted by Gasteiger charge is -2.26. The summed E-state index contributed by atoms with van der Waals surface area (Å²) in [5.41, 5.74) is 7.31. The monoisotopic (exact) mass is 314 g/mol. The van der Waals surface area contributed by atoms with Crippen LogP contribution in [-0.4, -0.2) is 38.3 Å². The molecule has 1 saturated heterocycles. The number of nitrogens with zero attached hydrogens (tertiary/aromatic N) is 1. The highest BCUT2D eigenvalue weighted by atomic mass is 32.2. The molecule has 112 valence electrons. The van der Waals surface area contributed by atoms with E-state index < -0.39 is 9.84 Å². The van der Waals surface area contributed by atoms with Gasteiger partial charge in [-0.1, -0.05) is 19.9 Å². The van der Waals surface area contributed by atoms with Crippen LogP contribution in [0, 0.1) is 0 Å². The number of rotatable bonds is 2. The van der Waals surface area contributed by atoms with Crippen molar-refractivity contribution in [2.24, 2.45) is 0 Å². The van der Waals surface area contributed by atoms with Crippen molar-refractivity contribution in [1.82, 2.24) is 0 Å². The van der Waals surface area contributed by atoms with Gasteiger partial charge in [0.25, 0.3) is 0 Å². The molecule has 2 rings (SSSR count). The van der Waals surface area contributed by atoms with Crippen LogP contribution in [0.1, 0.15) is 20.3 Å². The summed E-state index contributed by atoms with van der Waals surface area (Å²) in [6.45, 7) is 6.29. The third kappa shape index (κ3) is 3.41. The van der Waals surface area contributed by atoms with Crippen molar-refractivity contribution in [3.63, 3.8) is 0 Å². The zero-order chi connectivity index (χ0) is 15.0. The Kier molecular flexibility index (Phi) is 4.25. The first-order valence-corrected chi connectivity index (χ1v) is 9.56. The van der Waals surface area contributed by atoms with Crippen LogP contribution < -0.4 is 10.6 Å². The predicted octanol–water partition coefficient (Wildman–Crippen LogP) is 2.39. The maximum absolute atomic E-state index is 11.8. The number of benzene rings is 1. The molecule has 0 radical (unpaired) electrons. The Morgan fingerprint density at radius 2 is 2.00 bits per heavy atom. The van der Waals surface area contributed by atoms with Crippen LogP contribution in [0.5, 0.6) is 0 Å². The molecule has 1 aliphatic rings. The van der Waals surface area contributed by atoms with Crippen molar-refractivity contribution in [3.8, 4) is 0 Å². The highest BCUT2D eigenvalue weighted by Gasteiger charge is 2.25. The SMILES string of the molecule is CC1(C)CCN(c2cccc(S(C)(=O)=O)c2N)CCS1. The Morgan fingerprint density at radius 3 is 2.65 bits per heavy atom. The average Bonchev–Trinajstić information content (AvgIpc) is 2.49. The van der Waals surface area contributed by atoms with Crippen LogP contribution in [0.25, 0.3) is 0 Å². The first-order chi connectivity index (χ1) is 9.21. The second kappa shape index (κ2) is 5.48. The molecule has 2 N–H and O–H groups in total. The Morgan fingerprint density at radius 1 is 1.30 bits per heavy atom. The molecule has 1 aromatic rings. The van der Waals surface area contributed by atoms with Crippen LogP contribution in [0.15, 0.2) is 23.1 Å². The summed E-state index contributed by atoms with van der Waals surface area (Å²) >= 11 is 1.95. The van der Waals surface area contributed by atoms with Gasteiger partial charge in [-0.15, -0.1) is 0 Å².